The lowest BCUT2D eigenvalue weighted by molar-refractivity contribution is 0.0980. The van der Waals surface area contributed by atoms with Crippen molar-refractivity contribution in [3.63, 3.8) is 0 Å². The van der Waals surface area contributed by atoms with Crippen LogP contribution in [-0.4, -0.2) is 12.6 Å². The van der Waals surface area contributed by atoms with Crippen LogP contribution in [0.5, 0.6) is 0 Å². The van der Waals surface area contributed by atoms with Gasteiger partial charge in [0.25, 0.3) is 0 Å². The summed E-state index contributed by atoms with van der Waals surface area (Å²) in [6, 6.07) is 5.22. The van der Waals surface area contributed by atoms with Gasteiger partial charge in [0, 0.05) is 28.9 Å². The molecule has 3 heteroatoms. The van der Waals surface area contributed by atoms with Crippen molar-refractivity contribution in [2.75, 3.05) is 6.61 Å². The standard InChI is InChI=1S/C15H25NOS/c1-15(2,3)8-9-17-11-14-7-6-13(18-14)10-16-12-4-5-12/h6-7,12,16H,4-5,8-11H2,1-3H3. The average molecular weight is 267 g/mol. The zero-order valence-corrected chi connectivity index (χ0v) is 12.6. The fraction of sp³-hybridized carbons (Fsp3) is 0.733. The summed E-state index contributed by atoms with van der Waals surface area (Å²) >= 11 is 1.87. The summed E-state index contributed by atoms with van der Waals surface area (Å²) in [4.78, 5) is 2.77. The third-order valence-electron chi connectivity index (χ3n) is 3.10. The quantitative estimate of drug-likeness (QED) is 0.755. The van der Waals surface area contributed by atoms with Gasteiger partial charge >= 0.3 is 0 Å². The molecule has 1 aromatic heterocycles. The number of ether oxygens (including phenoxy) is 1. The third kappa shape index (κ3) is 5.51. The molecule has 0 saturated heterocycles. The first-order valence-corrected chi connectivity index (χ1v) is 7.73. The predicted octanol–water partition coefficient (Wildman–Crippen LogP) is 3.95. The van der Waals surface area contributed by atoms with Gasteiger partial charge in [0.2, 0.25) is 0 Å². The maximum Gasteiger partial charge on any atom is 0.0809 e. The molecular formula is C15H25NOS. The fourth-order valence-electron chi connectivity index (χ4n) is 1.68. The Kier molecular flexibility index (Phi) is 4.82. The minimum absolute atomic E-state index is 0.370. The van der Waals surface area contributed by atoms with Gasteiger partial charge < -0.3 is 10.1 Å². The highest BCUT2D eigenvalue weighted by Crippen LogP contribution is 2.23. The van der Waals surface area contributed by atoms with Gasteiger partial charge in [-0.25, -0.2) is 0 Å². The fourth-order valence-corrected chi connectivity index (χ4v) is 2.59. The van der Waals surface area contributed by atoms with Crippen molar-refractivity contribution < 1.29 is 4.74 Å². The van der Waals surface area contributed by atoms with Crippen LogP contribution in [0.2, 0.25) is 0 Å². The van der Waals surface area contributed by atoms with Gasteiger partial charge in [-0.15, -0.1) is 11.3 Å². The molecule has 0 bridgehead atoms. The van der Waals surface area contributed by atoms with Crippen LogP contribution in [-0.2, 0) is 17.9 Å². The molecule has 1 fully saturated rings. The monoisotopic (exact) mass is 267 g/mol. The van der Waals surface area contributed by atoms with Gasteiger partial charge in [-0.05, 0) is 36.8 Å². The first-order chi connectivity index (χ1) is 8.53. The number of hydrogen-bond acceptors (Lipinski definition) is 3. The lowest BCUT2D eigenvalue weighted by atomic mass is 9.93. The molecule has 0 aliphatic heterocycles. The second kappa shape index (κ2) is 6.18. The minimum atomic E-state index is 0.370. The van der Waals surface area contributed by atoms with Crippen molar-refractivity contribution in [3.8, 4) is 0 Å². The van der Waals surface area contributed by atoms with Crippen LogP contribution in [0.1, 0.15) is 49.8 Å². The molecule has 1 aliphatic rings. The van der Waals surface area contributed by atoms with E-state index in [1.54, 1.807) is 0 Å². The summed E-state index contributed by atoms with van der Waals surface area (Å²) in [5.41, 5.74) is 0.370. The van der Waals surface area contributed by atoms with Crippen LogP contribution in [0.25, 0.3) is 0 Å². The van der Waals surface area contributed by atoms with E-state index in [1.165, 1.54) is 22.6 Å². The molecule has 102 valence electrons. The van der Waals surface area contributed by atoms with Crippen molar-refractivity contribution in [1.82, 2.24) is 5.32 Å². The van der Waals surface area contributed by atoms with E-state index in [1.807, 2.05) is 11.3 Å². The summed E-state index contributed by atoms with van der Waals surface area (Å²) in [6.45, 7) is 9.41. The molecule has 18 heavy (non-hydrogen) atoms. The predicted molar refractivity (Wildman–Crippen MR) is 77.9 cm³/mol. The first-order valence-electron chi connectivity index (χ1n) is 6.92. The Bertz CT molecular complexity index is 363. The molecule has 0 unspecified atom stereocenters. The van der Waals surface area contributed by atoms with E-state index in [0.29, 0.717) is 5.41 Å². The Labute approximate surface area is 115 Å². The van der Waals surface area contributed by atoms with Crippen LogP contribution >= 0.6 is 11.3 Å². The number of hydrogen-bond donors (Lipinski definition) is 1. The molecule has 1 aliphatic carbocycles. The topological polar surface area (TPSA) is 21.3 Å². The van der Waals surface area contributed by atoms with Crippen LogP contribution in [0, 0.1) is 5.41 Å². The Morgan fingerprint density at radius 3 is 2.67 bits per heavy atom. The zero-order chi connectivity index (χ0) is 13.0. The number of rotatable bonds is 7. The molecule has 0 atom stereocenters. The van der Waals surface area contributed by atoms with E-state index in [0.717, 1.165) is 32.2 Å². The highest BCUT2D eigenvalue weighted by Gasteiger charge is 2.20. The van der Waals surface area contributed by atoms with E-state index in [-0.39, 0.29) is 0 Å². The largest absolute Gasteiger partial charge is 0.376 e. The average Bonchev–Trinajstić information content (AvgIpc) is 3.00. The lowest BCUT2D eigenvalue weighted by Crippen LogP contribution is -2.14. The number of nitrogens with one attached hydrogen (secondary N) is 1. The second-order valence-electron chi connectivity index (χ2n) is 6.39. The number of thiophene rings is 1. The van der Waals surface area contributed by atoms with E-state index < -0.39 is 0 Å². The molecule has 1 saturated carbocycles. The SMILES string of the molecule is CC(C)(C)CCOCc1ccc(CNC2CC2)s1. The van der Waals surface area contributed by atoms with Gasteiger partial charge in [-0.2, -0.15) is 0 Å². The molecule has 2 nitrogen and oxygen atoms in total. The minimum Gasteiger partial charge on any atom is -0.376 e. The summed E-state index contributed by atoms with van der Waals surface area (Å²) in [5.74, 6) is 0. The van der Waals surface area contributed by atoms with Crippen molar-refractivity contribution in [1.29, 1.82) is 0 Å². The molecule has 0 amide bonds. The smallest absolute Gasteiger partial charge is 0.0809 e. The van der Waals surface area contributed by atoms with E-state index >= 15 is 0 Å². The van der Waals surface area contributed by atoms with Crippen LogP contribution in [0.15, 0.2) is 12.1 Å². The van der Waals surface area contributed by atoms with Crippen LogP contribution in [0.4, 0.5) is 0 Å². The van der Waals surface area contributed by atoms with Crippen molar-refractivity contribution >= 4 is 11.3 Å². The van der Waals surface area contributed by atoms with Crippen molar-refractivity contribution in [2.45, 2.75) is 59.2 Å². The van der Waals surface area contributed by atoms with E-state index in [2.05, 4.69) is 38.2 Å². The van der Waals surface area contributed by atoms with Gasteiger partial charge in [0.15, 0.2) is 0 Å². The Morgan fingerprint density at radius 1 is 1.28 bits per heavy atom. The third-order valence-corrected chi connectivity index (χ3v) is 4.16. The molecule has 1 N–H and O–H groups in total. The van der Waals surface area contributed by atoms with Gasteiger partial charge in [-0.1, -0.05) is 20.8 Å². The molecule has 1 aromatic rings. The highest BCUT2D eigenvalue weighted by atomic mass is 32.1. The van der Waals surface area contributed by atoms with Crippen molar-refractivity contribution in [2.24, 2.45) is 5.41 Å². The molecule has 0 radical (unpaired) electrons. The Balaban J connectivity index is 1.63. The maximum atomic E-state index is 5.74. The summed E-state index contributed by atoms with van der Waals surface area (Å²) in [5, 5.41) is 3.54. The molecular weight excluding hydrogens is 242 g/mol. The normalized spacial score (nSPS) is 16.2. The molecule has 2 rings (SSSR count). The summed E-state index contributed by atoms with van der Waals surface area (Å²) < 4.78 is 5.74. The van der Waals surface area contributed by atoms with Gasteiger partial charge in [-0.3, -0.25) is 0 Å². The zero-order valence-electron chi connectivity index (χ0n) is 11.8. The lowest BCUT2D eigenvalue weighted by Gasteiger charge is -2.17. The summed E-state index contributed by atoms with van der Waals surface area (Å²) in [7, 11) is 0. The van der Waals surface area contributed by atoms with Crippen LogP contribution in [0.3, 0.4) is 0 Å². The molecule has 0 aromatic carbocycles. The van der Waals surface area contributed by atoms with Crippen LogP contribution < -0.4 is 5.32 Å². The second-order valence-corrected chi connectivity index (χ2v) is 7.64. The Morgan fingerprint density at radius 2 is 2.00 bits per heavy atom. The molecule has 1 heterocycles. The highest BCUT2D eigenvalue weighted by molar-refractivity contribution is 7.11. The molecule has 0 spiro atoms. The maximum absolute atomic E-state index is 5.74. The van der Waals surface area contributed by atoms with E-state index in [4.69, 9.17) is 4.74 Å². The van der Waals surface area contributed by atoms with Gasteiger partial charge in [0.05, 0.1) is 6.61 Å². The Hall–Kier alpha value is -0.380. The first kappa shape index (κ1) is 14.0. The van der Waals surface area contributed by atoms with Gasteiger partial charge in [0.1, 0.15) is 0 Å². The summed E-state index contributed by atoms with van der Waals surface area (Å²) in [6.07, 6.45) is 3.83. The van der Waals surface area contributed by atoms with Crippen molar-refractivity contribution in [3.05, 3.63) is 21.9 Å². The van der Waals surface area contributed by atoms with E-state index in [9.17, 15) is 0 Å².